The van der Waals surface area contributed by atoms with E-state index in [1.54, 1.807) is 16.7 Å². The predicted octanol–water partition coefficient (Wildman–Crippen LogP) is 19.2. The van der Waals surface area contributed by atoms with Gasteiger partial charge in [-0.2, -0.15) is 0 Å². The normalized spacial score (nSPS) is 31.7. The minimum absolute atomic E-state index is 0.433. The van der Waals surface area contributed by atoms with Crippen LogP contribution in [0.1, 0.15) is 126 Å². The van der Waals surface area contributed by atoms with Crippen LogP contribution in [0.4, 0.5) is 0 Å². The fourth-order valence-electron chi connectivity index (χ4n) is 16.7. The van der Waals surface area contributed by atoms with Gasteiger partial charge in [-0.1, -0.05) is 152 Å². The highest BCUT2D eigenvalue weighted by Gasteiger charge is 2.54. The van der Waals surface area contributed by atoms with Gasteiger partial charge in [0, 0.05) is 29.4 Å². The molecule has 6 saturated carbocycles. The van der Waals surface area contributed by atoms with Crippen LogP contribution in [-0.2, 0) is 19.3 Å². The predicted molar refractivity (Wildman–Crippen MR) is 292 cm³/mol. The fraction of sp³-hybridized carbons (Fsp3) is 0.455. The lowest BCUT2D eigenvalue weighted by atomic mass is 9.47. The maximum absolute atomic E-state index is 2.54. The highest BCUT2D eigenvalue weighted by Crippen LogP contribution is 2.64. The first-order valence-corrected chi connectivity index (χ1v) is 29.8. The van der Waals surface area contributed by atoms with E-state index in [9.17, 15) is 0 Å². The lowest BCUT2D eigenvalue weighted by Gasteiger charge is -2.58. The van der Waals surface area contributed by atoms with Gasteiger partial charge in [-0.05, 0) is 250 Å². The Hall–Kier alpha value is -3.63. The average molecular weight is 964 g/mol. The summed E-state index contributed by atoms with van der Waals surface area (Å²) in [6.07, 6.45) is 29.0. The van der Waals surface area contributed by atoms with E-state index in [1.165, 1.54) is 158 Å². The first-order chi connectivity index (χ1) is 33.9. The zero-order valence-electron chi connectivity index (χ0n) is 41.0. The van der Waals surface area contributed by atoms with Crippen LogP contribution in [0.25, 0.3) is 0 Å². The van der Waals surface area contributed by atoms with E-state index in [1.807, 2.05) is 35.3 Å². The van der Waals surface area contributed by atoms with E-state index in [2.05, 4.69) is 164 Å². The van der Waals surface area contributed by atoms with Crippen molar-refractivity contribution in [2.75, 3.05) is 0 Å². The average Bonchev–Trinajstić information content (AvgIpc) is 3.36. The molecule has 0 spiro atoms. The number of hydrogen-bond acceptors (Lipinski definition) is 3. The summed E-state index contributed by atoms with van der Waals surface area (Å²) in [7, 11) is 0. The molecule has 0 amide bonds. The summed E-state index contributed by atoms with van der Waals surface area (Å²) < 4.78 is 0. The van der Waals surface area contributed by atoms with Crippen LogP contribution in [0.15, 0.2) is 193 Å². The molecule has 12 rings (SSSR count). The van der Waals surface area contributed by atoms with Gasteiger partial charge in [0.1, 0.15) is 0 Å². The topological polar surface area (TPSA) is 0 Å². The summed E-state index contributed by atoms with van der Waals surface area (Å²) in [6.45, 7) is 0. The van der Waals surface area contributed by atoms with Crippen molar-refractivity contribution in [1.29, 1.82) is 0 Å². The molecule has 6 aliphatic carbocycles. The largest absolute Gasteiger partial charge is 0.0901 e. The van der Waals surface area contributed by atoms with E-state index in [4.69, 9.17) is 0 Å². The van der Waals surface area contributed by atoms with Gasteiger partial charge in [-0.3, -0.25) is 0 Å². The third-order valence-electron chi connectivity index (χ3n) is 18.9. The van der Waals surface area contributed by atoms with Crippen LogP contribution < -0.4 is 0 Å². The summed E-state index contributed by atoms with van der Waals surface area (Å²) >= 11 is 5.71. The second kappa shape index (κ2) is 20.5. The van der Waals surface area contributed by atoms with Crippen molar-refractivity contribution in [2.45, 2.75) is 158 Å². The van der Waals surface area contributed by atoms with Gasteiger partial charge in [-0.25, -0.2) is 0 Å². The first kappa shape index (κ1) is 46.4. The third kappa shape index (κ3) is 11.1. The molecule has 0 heterocycles. The molecule has 6 aromatic rings. The Morgan fingerprint density at radius 3 is 0.957 bits per heavy atom. The zero-order chi connectivity index (χ0) is 46.1. The molecule has 8 atom stereocenters. The highest BCUT2D eigenvalue weighted by molar-refractivity contribution is 7.99. The Morgan fingerprint density at radius 1 is 0.304 bits per heavy atom. The Balaban J connectivity index is 0.779. The first-order valence-electron chi connectivity index (χ1n) is 27.3. The van der Waals surface area contributed by atoms with Gasteiger partial charge in [0.05, 0.1) is 0 Å². The number of fused-ring (bicyclic) bond motifs is 6. The molecule has 6 aliphatic rings. The van der Waals surface area contributed by atoms with Gasteiger partial charge >= 0.3 is 0 Å². The van der Waals surface area contributed by atoms with Crippen molar-refractivity contribution in [3.63, 3.8) is 0 Å². The Bertz CT molecular complexity index is 2450. The lowest BCUT2D eigenvalue weighted by molar-refractivity contribution is -0.0709. The molecule has 356 valence electrons. The molecule has 0 aromatic heterocycles. The maximum Gasteiger partial charge on any atom is 0.0122 e. The van der Waals surface area contributed by atoms with Crippen LogP contribution in [0.3, 0.4) is 0 Å². The molecule has 69 heavy (non-hydrogen) atoms. The smallest absolute Gasteiger partial charge is 0.0122 e. The van der Waals surface area contributed by atoms with Gasteiger partial charge < -0.3 is 0 Å². The SMILES string of the molecule is c1ccc(Sc2ccc(CC34CCCC(CC(C5CC6CC(C7CC8CCCC(Cc9ccc(Sc%10ccccc%10)cc9)(C8)C7)CC(Cc7ccc(Sc8ccccc8)cc7)(C6)C5)C3)C4)cc2)cc1. The quantitative estimate of drug-likeness (QED) is 0.107. The molecule has 0 radical (unpaired) electrons. The molecular weight excluding hydrogens is 889 g/mol. The third-order valence-corrected chi connectivity index (χ3v) is 22.0. The molecule has 0 N–H and O–H groups in total. The molecule has 0 aliphatic heterocycles. The van der Waals surface area contributed by atoms with Gasteiger partial charge in [0.25, 0.3) is 0 Å². The summed E-state index contributed by atoms with van der Waals surface area (Å²) in [5, 5.41) is 0. The van der Waals surface area contributed by atoms with Crippen molar-refractivity contribution in [3.05, 3.63) is 180 Å². The van der Waals surface area contributed by atoms with Crippen LogP contribution in [0.5, 0.6) is 0 Å². The Morgan fingerprint density at radius 2 is 0.594 bits per heavy atom. The number of rotatable bonds is 14. The maximum atomic E-state index is 2.54. The van der Waals surface area contributed by atoms with Crippen LogP contribution in [0, 0.1) is 57.7 Å². The van der Waals surface area contributed by atoms with Crippen molar-refractivity contribution in [3.8, 4) is 0 Å². The molecular formula is C66H74S3. The minimum Gasteiger partial charge on any atom is -0.0901 e. The molecule has 6 aromatic carbocycles. The second-order valence-electron chi connectivity index (χ2n) is 24.0. The molecule has 0 saturated heterocycles. The van der Waals surface area contributed by atoms with Crippen molar-refractivity contribution >= 4 is 35.3 Å². The Labute approximate surface area is 428 Å². The summed E-state index contributed by atoms with van der Waals surface area (Å²) in [6, 6.07) is 62.3. The fourth-order valence-corrected chi connectivity index (χ4v) is 19.2. The van der Waals surface area contributed by atoms with Crippen LogP contribution in [0.2, 0.25) is 0 Å². The zero-order valence-corrected chi connectivity index (χ0v) is 43.4. The summed E-state index contributed by atoms with van der Waals surface area (Å²) in [5.74, 6) is 6.34. The van der Waals surface area contributed by atoms with Crippen LogP contribution in [-0.4, -0.2) is 0 Å². The van der Waals surface area contributed by atoms with Gasteiger partial charge in [0.15, 0.2) is 0 Å². The standard InChI is InChI=1S/C66H74S3/c1-4-14-58(15-5-1)67-61-26-20-48(21-27-61)38-64-32-10-12-51(41-64)34-54(44-64)56-36-53-37-57(47-66(43-53,46-56)40-50-24-30-63(31-25-50)69-60-18-8-3-9-19-60)55-35-52-13-11-33-65(42-52,45-55)39-49-22-28-62(29-23-49)68-59-16-6-2-7-17-59/h1-9,14-31,51-57H,10-13,32-47H2. The molecule has 8 unspecified atom stereocenters. The Kier molecular flexibility index (Phi) is 13.8. The minimum atomic E-state index is 0.433. The van der Waals surface area contributed by atoms with Crippen molar-refractivity contribution in [1.82, 2.24) is 0 Å². The molecule has 6 bridgehead atoms. The van der Waals surface area contributed by atoms with Crippen LogP contribution >= 0.6 is 35.3 Å². The van der Waals surface area contributed by atoms with Crippen molar-refractivity contribution < 1.29 is 0 Å². The van der Waals surface area contributed by atoms with Crippen molar-refractivity contribution in [2.24, 2.45) is 57.7 Å². The second-order valence-corrected chi connectivity index (χ2v) is 27.4. The van der Waals surface area contributed by atoms with E-state index in [-0.39, 0.29) is 0 Å². The van der Waals surface area contributed by atoms with E-state index in [0.29, 0.717) is 16.2 Å². The summed E-state index contributed by atoms with van der Waals surface area (Å²) in [4.78, 5) is 8.09. The van der Waals surface area contributed by atoms with E-state index in [0.717, 1.165) is 41.4 Å². The lowest BCUT2D eigenvalue weighted by Crippen LogP contribution is -2.49. The van der Waals surface area contributed by atoms with E-state index < -0.39 is 0 Å². The number of hydrogen-bond donors (Lipinski definition) is 0. The molecule has 6 fully saturated rings. The monoisotopic (exact) mass is 962 g/mol. The van der Waals surface area contributed by atoms with Gasteiger partial charge in [-0.15, -0.1) is 0 Å². The summed E-state index contributed by atoms with van der Waals surface area (Å²) in [5.41, 5.74) is 6.17. The van der Waals surface area contributed by atoms with Gasteiger partial charge in [0.2, 0.25) is 0 Å². The molecule has 3 heteroatoms. The van der Waals surface area contributed by atoms with E-state index >= 15 is 0 Å². The number of benzene rings is 6. The highest BCUT2D eigenvalue weighted by atomic mass is 32.2. The molecule has 0 nitrogen and oxygen atoms in total.